The van der Waals surface area contributed by atoms with Crippen molar-refractivity contribution in [1.29, 1.82) is 0 Å². The standard InChI is InChI=1S/C21H17FN2OS/c1-13(2)14-3-5-15(6-4-14)19-12-26-21-23-20(18(11-25)24(19)21)16-7-9-17(22)10-8-16/h3-13H,1-2H3. The number of halogens is 1. The van der Waals surface area contributed by atoms with E-state index in [1.54, 1.807) is 12.1 Å². The summed E-state index contributed by atoms with van der Waals surface area (Å²) in [6.07, 6.45) is 0.817. The molecule has 0 saturated carbocycles. The molecule has 2 heterocycles. The van der Waals surface area contributed by atoms with E-state index in [4.69, 9.17) is 0 Å². The number of benzene rings is 2. The summed E-state index contributed by atoms with van der Waals surface area (Å²) in [6.45, 7) is 4.32. The van der Waals surface area contributed by atoms with Crippen LogP contribution < -0.4 is 0 Å². The molecule has 0 fully saturated rings. The van der Waals surface area contributed by atoms with E-state index in [-0.39, 0.29) is 5.82 Å². The van der Waals surface area contributed by atoms with Gasteiger partial charge in [-0.3, -0.25) is 9.20 Å². The molecule has 0 N–H and O–H groups in total. The van der Waals surface area contributed by atoms with Crippen molar-refractivity contribution >= 4 is 22.6 Å². The largest absolute Gasteiger partial charge is 0.296 e. The van der Waals surface area contributed by atoms with Gasteiger partial charge in [0.2, 0.25) is 0 Å². The number of aldehydes is 1. The summed E-state index contributed by atoms with van der Waals surface area (Å²) in [5, 5.41) is 2.01. The van der Waals surface area contributed by atoms with Crippen molar-refractivity contribution in [2.24, 2.45) is 0 Å². The Morgan fingerprint density at radius 3 is 2.31 bits per heavy atom. The number of imidazole rings is 1. The molecule has 0 unspecified atom stereocenters. The average Bonchev–Trinajstić information content (AvgIpc) is 3.21. The highest BCUT2D eigenvalue weighted by atomic mass is 32.1. The van der Waals surface area contributed by atoms with Crippen LogP contribution in [0.25, 0.3) is 27.5 Å². The van der Waals surface area contributed by atoms with Crippen molar-refractivity contribution in [2.45, 2.75) is 19.8 Å². The Balaban J connectivity index is 1.87. The maximum atomic E-state index is 13.2. The molecule has 3 nitrogen and oxygen atoms in total. The van der Waals surface area contributed by atoms with E-state index in [0.717, 1.165) is 28.1 Å². The van der Waals surface area contributed by atoms with E-state index >= 15 is 0 Å². The Hall–Kier alpha value is -2.79. The minimum Gasteiger partial charge on any atom is -0.296 e. The van der Waals surface area contributed by atoms with Gasteiger partial charge in [0.05, 0.1) is 5.69 Å². The molecule has 0 bridgehead atoms. The zero-order valence-corrected chi connectivity index (χ0v) is 15.3. The summed E-state index contributed by atoms with van der Waals surface area (Å²) >= 11 is 1.49. The van der Waals surface area contributed by atoms with E-state index in [9.17, 15) is 9.18 Å². The molecule has 0 amide bonds. The number of aromatic nitrogens is 2. The number of carbonyl (C=O) groups excluding carboxylic acids is 1. The van der Waals surface area contributed by atoms with Gasteiger partial charge < -0.3 is 0 Å². The van der Waals surface area contributed by atoms with Crippen LogP contribution in [0.5, 0.6) is 0 Å². The third-order valence-electron chi connectivity index (χ3n) is 4.50. The Kier molecular flexibility index (Phi) is 4.17. The van der Waals surface area contributed by atoms with Gasteiger partial charge in [-0.1, -0.05) is 38.1 Å². The van der Waals surface area contributed by atoms with Gasteiger partial charge in [-0.05, 0) is 41.3 Å². The Bertz CT molecular complexity index is 1080. The van der Waals surface area contributed by atoms with Crippen molar-refractivity contribution in [2.75, 3.05) is 0 Å². The van der Waals surface area contributed by atoms with Crippen molar-refractivity contribution in [1.82, 2.24) is 9.38 Å². The van der Waals surface area contributed by atoms with Gasteiger partial charge in [0.25, 0.3) is 0 Å². The molecule has 0 aliphatic rings. The van der Waals surface area contributed by atoms with Gasteiger partial charge in [-0.15, -0.1) is 11.3 Å². The number of thiazole rings is 1. The maximum Gasteiger partial charge on any atom is 0.195 e. The fraction of sp³-hybridized carbons (Fsp3) is 0.143. The summed E-state index contributed by atoms with van der Waals surface area (Å²) in [4.78, 5) is 17.2. The first-order valence-corrected chi connectivity index (χ1v) is 9.28. The summed E-state index contributed by atoms with van der Waals surface area (Å²) in [5.74, 6) is 0.156. The molecule has 4 rings (SSSR count). The molecule has 26 heavy (non-hydrogen) atoms. The molecule has 0 spiro atoms. The minimum atomic E-state index is -0.312. The van der Waals surface area contributed by atoms with E-state index < -0.39 is 0 Å². The van der Waals surface area contributed by atoms with Crippen LogP contribution in [-0.4, -0.2) is 15.7 Å². The highest BCUT2D eigenvalue weighted by Crippen LogP contribution is 2.32. The lowest BCUT2D eigenvalue weighted by molar-refractivity contribution is 0.111. The molecule has 130 valence electrons. The highest BCUT2D eigenvalue weighted by molar-refractivity contribution is 7.15. The van der Waals surface area contributed by atoms with Crippen molar-refractivity contribution < 1.29 is 9.18 Å². The smallest absolute Gasteiger partial charge is 0.195 e. The van der Waals surface area contributed by atoms with E-state index in [1.165, 1.54) is 29.0 Å². The molecule has 0 radical (unpaired) electrons. The Labute approximate surface area is 154 Å². The summed E-state index contributed by atoms with van der Waals surface area (Å²) in [5.41, 5.74) is 5.02. The second kappa shape index (κ2) is 6.50. The number of hydrogen-bond donors (Lipinski definition) is 0. The first-order valence-electron chi connectivity index (χ1n) is 8.40. The highest BCUT2D eigenvalue weighted by Gasteiger charge is 2.18. The number of carbonyl (C=O) groups is 1. The zero-order chi connectivity index (χ0) is 18.3. The number of hydrogen-bond acceptors (Lipinski definition) is 3. The van der Waals surface area contributed by atoms with Crippen molar-refractivity contribution in [3.63, 3.8) is 0 Å². The van der Waals surface area contributed by atoms with Crippen molar-refractivity contribution in [3.05, 3.63) is 71.0 Å². The second-order valence-electron chi connectivity index (χ2n) is 6.49. The first-order chi connectivity index (χ1) is 12.6. The normalized spacial score (nSPS) is 11.4. The maximum absolute atomic E-state index is 13.2. The van der Waals surface area contributed by atoms with Crippen LogP contribution in [0, 0.1) is 5.82 Å². The Morgan fingerprint density at radius 1 is 1.04 bits per heavy atom. The third-order valence-corrected chi connectivity index (χ3v) is 5.33. The third kappa shape index (κ3) is 2.74. The lowest BCUT2D eigenvalue weighted by Gasteiger charge is -2.07. The molecule has 0 saturated heterocycles. The molecule has 5 heteroatoms. The molecule has 0 atom stereocenters. The SMILES string of the molecule is CC(C)c1ccc(-c2csc3nc(-c4ccc(F)cc4)c(C=O)n23)cc1. The fourth-order valence-corrected chi connectivity index (χ4v) is 3.95. The summed E-state index contributed by atoms with van der Waals surface area (Å²) in [7, 11) is 0. The van der Waals surface area contributed by atoms with Crippen LogP contribution in [0.3, 0.4) is 0 Å². The van der Waals surface area contributed by atoms with Crippen LogP contribution in [0.2, 0.25) is 0 Å². The van der Waals surface area contributed by atoms with Crippen LogP contribution in [0.1, 0.15) is 35.8 Å². The van der Waals surface area contributed by atoms with Gasteiger partial charge in [0.1, 0.15) is 17.2 Å². The molecule has 2 aromatic heterocycles. The van der Waals surface area contributed by atoms with Crippen LogP contribution in [0.4, 0.5) is 4.39 Å². The van der Waals surface area contributed by atoms with Gasteiger partial charge in [-0.25, -0.2) is 9.37 Å². The lowest BCUT2D eigenvalue weighted by atomic mass is 10.0. The number of rotatable bonds is 4. The fourth-order valence-electron chi connectivity index (χ4n) is 3.05. The van der Waals surface area contributed by atoms with Crippen LogP contribution in [-0.2, 0) is 0 Å². The van der Waals surface area contributed by atoms with E-state index in [2.05, 4.69) is 43.1 Å². The van der Waals surface area contributed by atoms with Gasteiger partial charge in [-0.2, -0.15) is 0 Å². The molecule has 2 aromatic carbocycles. The Morgan fingerprint density at radius 2 is 1.69 bits per heavy atom. The van der Waals surface area contributed by atoms with Gasteiger partial charge in [0.15, 0.2) is 11.2 Å². The molecule has 4 aromatic rings. The average molecular weight is 364 g/mol. The van der Waals surface area contributed by atoms with Crippen LogP contribution in [0.15, 0.2) is 53.9 Å². The monoisotopic (exact) mass is 364 g/mol. The second-order valence-corrected chi connectivity index (χ2v) is 7.32. The molecule has 0 aliphatic carbocycles. The quantitative estimate of drug-likeness (QED) is 0.429. The number of nitrogens with zero attached hydrogens (tertiary/aromatic N) is 2. The van der Waals surface area contributed by atoms with E-state index in [1.807, 2.05) is 9.78 Å². The molecular weight excluding hydrogens is 347 g/mol. The van der Waals surface area contributed by atoms with Crippen molar-refractivity contribution in [3.8, 4) is 22.5 Å². The molecular formula is C21H17FN2OS. The van der Waals surface area contributed by atoms with Crippen LogP contribution >= 0.6 is 11.3 Å². The summed E-state index contributed by atoms with van der Waals surface area (Å²) < 4.78 is 15.1. The van der Waals surface area contributed by atoms with E-state index in [0.29, 0.717) is 17.3 Å². The number of fused-ring (bicyclic) bond motifs is 1. The van der Waals surface area contributed by atoms with Gasteiger partial charge >= 0.3 is 0 Å². The van der Waals surface area contributed by atoms with Gasteiger partial charge in [0, 0.05) is 10.9 Å². The molecule has 0 aliphatic heterocycles. The summed E-state index contributed by atoms with van der Waals surface area (Å²) in [6, 6.07) is 14.4. The lowest BCUT2D eigenvalue weighted by Crippen LogP contribution is -1.95. The predicted molar refractivity (Wildman–Crippen MR) is 103 cm³/mol. The zero-order valence-electron chi connectivity index (χ0n) is 14.4. The first kappa shape index (κ1) is 16.7. The minimum absolute atomic E-state index is 0.312. The topological polar surface area (TPSA) is 34.4 Å². The predicted octanol–water partition coefficient (Wildman–Crippen LogP) is 5.80.